The average molecular weight is 502 g/mol. The molecule has 7 nitrogen and oxygen atoms in total. The molecule has 0 aromatic heterocycles. The lowest BCUT2D eigenvalue weighted by Gasteiger charge is -2.42. The summed E-state index contributed by atoms with van der Waals surface area (Å²) >= 11 is 3.66. The molecule has 1 saturated heterocycles. The molecule has 1 unspecified atom stereocenters. The molecule has 32 heavy (non-hydrogen) atoms. The summed E-state index contributed by atoms with van der Waals surface area (Å²) in [5.41, 5.74) is 1.06. The van der Waals surface area contributed by atoms with Crippen LogP contribution in [-0.2, 0) is 9.47 Å². The van der Waals surface area contributed by atoms with Crippen molar-refractivity contribution in [1.29, 1.82) is 0 Å². The van der Waals surface area contributed by atoms with Crippen molar-refractivity contribution in [3.63, 3.8) is 0 Å². The number of unbranched alkanes of at least 4 members (excludes halogenated alkanes) is 1. The van der Waals surface area contributed by atoms with Crippen molar-refractivity contribution in [2.75, 3.05) is 52.5 Å². The molecule has 0 spiro atoms. The van der Waals surface area contributed by atoms with E-state index in [0.717, 1.165) is 68.0 Å². The summed E-state index contributed by atoms with van der Waals surface area (Å²) in [4.78, 5) is 31.3. The molecule has 1 fully saturated rings. The predicted molar refractivity (Wildman–Crippen MR) is 123 cm³/mol. The van der Waals surface area contributed by atoms with Crippen LogP contribution in [0.5, 0.6) is 0 Å². The van der Waals surface area contributed by atoms with Crippen LogP contribution in [0.15, 0.2) is 46.3 Å². The summed E-state index contributed by atoms with van der Waals surface area (Å²) in [6.45, 7) is 6.70. The van der Waals surface area contributed by atoms with E-state index in [-0.39, 0.29) is 17.9 Å². The Morgan fingerprint density at radius 1 is 0.906 bits per heavy atom. The van der Waals surface area contributed by atoms with E-state index in [2.05, 4.69) is 25.7 Å². The van der Waals surface area contributed by atoms with E-state index in [1.807, 2.05) is 6.08 Å². The third-order valence-corrected chi connectivity index (χ3v) is 7.20. The minimum absolute atomic E-state index is 0.158. The molecule has 0 saturated carbocycles. The topological polar surface area (TPSA) is 62.3 Å². The maximum Gasteiger partial charge on any atom is 0.261 e. The highest BCUT2D eigenvalue weighted by Crippen LogP contribution is 2.34. The molecular formula is C24H28BrN3O4. The zero-order valence-electron chi connectivity index (χ0n) is 18.1. The second-order valence-corrected chi connectivity index (χ2v) is 9.65. The second kappa shape index (κ2) is 9.37. The highest BCUT2D eigenvalue weighted by atomic mass is 79.9. The summed E-state index contributed by atoms with van der Waals surface area (Å²) in [5.74, 6) is 1.53. The standard InChI is InChI=1S/C24H28BrN3O4/c25-17-15-20(22-21(16-17)31-13-14-32-22)27-11-9-26(10-12-27)7-3-4-8-28-23(29)18-5-1-2-6-19(18)24(28)30/h1-2,5-6,16,20H,3-4,7-15H2. The lowest BCUT2D eigenvalue weighted by molar-refractivity contribution is 0.0206. The Morgan fingerprint density at radius 2 is 1.56 bits per heavy atom. The van der Waals surface area contributed by atoms with Gasteiger partial charge in [0.15, 0.2) is 11.5 Å². The van der Waals surface area contributed by atoms with Gasteiger partial charge in [-0.2, -0.15) is 0 Å². The van der Waals surface area contributed by atoms with E-state index in [0.29, 0.717) is 30.9 Å². The minimum atomic E-state index is -0.158. The van der Waals surface area contributed by atoms with Gasteiger partial charge in [-0.25, -0.2) is 0 Å². The summed E-state index contributed by atoms with van der Waals surface area (Å²) in [6.07, 6.45) is 4.75. The van der Waals surface area contributed by atoms with Gasteiger partial charge in [-0.15, -0.1) is 0 Å². The zero-order chi connectivity index (χ0) is 22.1. The minimum Gasteiger partial charge on any atom is -0.489 e. The van der Waals surface area contributed by atoms with Crippen molar-refractivity contribution < 1.29 is 19.1 Å². The number of ether oxygens (including phenoxy) is 2. The number of hydrogen-bond acceptors (Lipinski definition) is 6. The van der Waals surface area contributed by atoms with Gasteiger partial charge in [0.05, 0.1) is 17.2 Å². The van der Waals surface area contributed by atoms with Crippen LogP contribution in [0.3, 0.4) is 0 Å². The average Bonchev–Trinajstić information content (AvgIpc) is 3.06. The number of imide groups is 1. The summed E-state index contributed by atoms with van der Waals surface area (Å²) in [6, 6.07) is 7.32. The quantitative estimate of drug-likeness (QED) is 0.441. The Hall–Kier alpha value is -2.16. The van der Waals surface area contributed by atoms with E-state index in [4.69, 9.17) is 9.47 Å². The van der Waals surface area contributed by atoms with Crippen LogP contribution >= 0.6 is 15.9 Å². The molecule has 1 atom stereocenters. The van der Waals surface area contributed by atoms with Crippen LogP contribution in [0, 0.1) is 0 Å². The number of benzene rings is 1. The van der Waals surface area contributed by atoms with Gasteiger partial charge >= 0.3 is 0 Å². The number of amides is 2. The number of halogens is 1. The fraction of sp³-hybridized carbons (Fsp3) is 0.500. The van der Waals surface area contributed by atoms with Crippen molar-refractivity contribution >= 4 is 27.7 Å². The highest BCUT2D eigenvalue weighted by molar-refractivity contribution is 9.11. The normalized spacial score (nSPS) is 24.1. The van der Waals surface area contributed by atoms with Crippen molar-refractivity contribution in [3.8, 4) is 0 Å². The van der Waals surface area contributed by atoms with E-state index in [1.54, 1.807) is 24.3 Å². The Morgan fingerprint density at radius 3 is 2.28 bits per heavy atom. The Kier molecular flexibility index (Phi) is 6.35. The third kappa shape index (κ3) is 4.23. The second-order valence-electron chi connectivity index (χ2n) is 8.63. The van der Waals surface area contributed by atoms with Crippen molar-refractivity contribution in [1.82, 2.24) is 14.7 Å². The van der Waals surface area contributed by atoms with Gasteiger partial charge in [-0.1, -0.05) is 28.1 Å². The number of carbonyl (C=O) groups is 2. The zero-order valence-corrected chi connectivity index (χ0v) is 19.7. The van der Waals surface area contributed by atoms with Crippen LogP contribution in [0.4, 0.5) is 0 Å². The van der Waals surface area contributed by atoms with E-state index >= 15 is 0 Å². The first kappa shape index (κ1) is 21.7. The van der Waals surface area contributed by atoms with Gasteiger partial charge in [0.1, 0.15) is 13.2 Å². The van der Waals surface area contributed by atoms with Crippen LogP contribution in [0.2, 0.25) is 0 Å². The smallest absolute Gasteiger partial charge is 0.261 e. The molecule has 4 aliphatic rings. The Balaban J connectivity index is 1.07. The fourth-order valence-electron chi connectivity index (χ4n) is 4.94. The van der Waals surface area contributed by atoms with Gasteiger partial charge in [-0.3, -0.25) is 19.4 Å². The van der Waals surface area contributed by atoms with Crippen molar-refractivity contribution in [2.24, 2.45) is 0 Å². The van der Waals surface area contributed by atoms with Crippen molar-refractivity contribution in [2.45, 2.75) is 25.3 Å². The number of fused-ring (bicyclic) bond motifs is 1. The van der Waals surface area contributed by atoms with Gasteiger partial charge < -0.3 is 14.4 Å². The first-order chi connectivity index (χ1) is 15.6. The van der Waals surface area contributed by atoms with Gasteiger partial charge in [0.2, 0.25) is 0 Å². The number of rotatable bonds is 6. The van der Waals surface area contributed by atoms with Gasteiger partial charge in [0, 0.05) is 43.6 Å². The number of piperazine rings is 1. The monoisotopic (exact) mass is 501 g/mol. The van der Waals surface area contributed by atoms with Crippen LogP contribution in [-0.4, -0.2) is 85.0 Å². The SMILES string of the molecule is O=C1c2ccccc2C(=O)N1CCCCN1CCN(C2CC(Br)=CC3=C2OCCO3)CC1. The molecule has 1 aromatic rings. The number of carbonyl (C=O) groups excluding carboxylic acids is 2. The molecule has 0 bridgehead atoms. The molecule has 2 amide bonds. The molecular weight excluding hydrogens is 474 g/mol. The van der Waals surface area contributed by atoms with Crippen LogP contribution < -0.4 is 0 Å². The van der Waals surface area contributed by atoms with E-state index in [1.165, 1.54) is 4.90 Å². The predicted octanol–water partition coefficient (Wildman–Crippen LogP) is 2.99. The number of nitrogens with zero attached hydrogens (tertiary/aromatic N) is 3. The third-order valence-electron chi connectivity index (χ3n) is 6.65. The first-order valence-corrected chi connectivity index (χ1v) is 12.2. The molecule has 3 heterocycles. The maximum atomic E-state index is 12.5. The van der Waals surface area contributed by atoms with Gasteiger partial charge in [0.25, 0.3) is 11.8 Å². The first-order valence-electron chi connectivity index (χ1n) is 11.4. The fourth-order valence-corrected chi connectivity index (χ4v) is 5.45. The Labute approximate surface area is 196 Å². The number of hydrogen-bond donors (Lipinski definition) is 0. The molecule has 170 valence electrons. The molecule has 1 aliphatic carbocycles. The van der Waals surface area contributed by atoms with Crippen LogP contribution in [0.1, 0.15) is 40.0 Å². The largest absolute Gasteiger partial charge is 0.489 e. The van der Waals surface area contributed by atoms with Crippen molar-refractivity contribution in [3.05, 3.63) is 57.5 Å². The molecule has 0 radical (unpaired) electrons. The molecule has 0 N–H and O–H groups in total. The lowest BCUT2D eigenvalue weighted by Crippen LogP contribution is -2.52. The summed E-state index contributed by atoms with van der Waals surface area (Å²) < 4.78 is 12.9. The Bertz CT molecular complexity index is 933. The lowest BCUT2D eigenvalue weighted by atomic mass is 10.0. The summed E-state index contributed by atoms with van der Waals surface area (Å²) in [7, 11) is 0. The molecule has 5 rings (SSSR count). The molecule has 3 aliphatic heterocycles. The van der Waals surface area contributed by atoms with E-state index in [9.17, 15) is 9.59 Å². The maximum absolute atomic E-state index is 12.5. The molecule has 1 aromatic carbocycles. The highest BCUT2D eigenvalue weighted by Gasteiger charge is 2.35. The van der Waals surface area contributed by atoms with Gasteiger partial charge in [-0.05, 0) is 37.6 Å². The van der Waals surface area contributed by atoms with Crippen LogP contribution in [0.25, 0.3) is 0 Å². The number of allylic oxidation sites excluding steroid dienone is 1. The summed E-state index contributed by atoms with van der Waals surface area (Å²) in [5, 5.41) is 0. The molecule has 8 heteroatoms. The van der Waals surface area contributed by atoms with E-state index < -0.39 is 0 Å².